The molecule has 0 bridgehead atoms. The van der Waals surface area contributed by atoms with Crippen LogP contribution in [0.4, 0.5) is 5.69 Å². The van der Waals surface area contributed by atoms with Crippen molar-refractivity contribution in [3.8, 4) is 11.4 Å². The van der Waals surface area contributed by atoms with Gasteiger partial charge in [-0.15, -0.1) is 10.2 Å². The van der Waals surface area contributed by atoms with Crippen LogP contribution in [0.15, 0.2) is 47.6 Å². The average Bonchev–Trinajstić information content (AvgIpc) is 3.02. The number of anilines is 1. The van der Waals surface area contributed by atoms with Crippen molar-refractivity contribution in [2.75, 3.05) is 16.9 Å². The van der Waals surface area contributed by atoms with Gasteiger partial charge >= 0.3 is 0 Å². The number of aromatic nitrogens is 3. The highest BCUT2D eigenvalue weighted by molar-refractivity contribution is 7.99. The number of nitrogens with zero attached hydrogens (tertiary/aromatic N) is 3. The molecule has 3 N–H and O–H groups in total. The lowest BCUT2D eigenvalue weighted by atomic mass is 9.98. The van der Waals surface area contributed by atoms with E-state index in [-0.39, 0.29) is 11.7 Å². The van der Waals surface area contributed by atoms with Crippen molar-refractivity contribution in [1.29, 1.82) is 0 Å². The number of halogens is 1. The van der Waals surface area contributed by atoms with Gasteiger partial charge in [-0.05, 0) is 36.1 Å². The summed E-state index contributed by atoms with van der Waals surface area (Å²) in [5, 5.41) is 12.3. The number of nitrogen functional groups attached to an aromatic ring is 1. The summed E-state index contributed by atoms with van der Waals surface area (Å²) >= 11 is 7.26. The first kappa shape index (κ1) is 20.2. The number of amides is 1. The molecule has 1 heterocycles. The van der Waals surface area contributed by atoms with Gasteiger partial charge in [0.1, 0.15) is 0 Å². The minimum atomic E-state index is -0.117. The zero-order chi connectivity index (χ0) is 20.3. The Bertz CT molecular complexity index is 1000. The molecule has 6 nitrogen and oxygen atoms in total. The molecule has 0 spiro atoms. The van der Waals surface area contributed by atoms with Crippen LogP contribution in [0.5, 0.6) is 0 Å². The summed E-state index contributed by atoms with van der Waals surface area (Å²) in [7, 11) is 0. The maximum atomic E-state index is 12.5. The second-order valence-electron chi connectivity index (χ2n) is 6.72. The Balaban J connectivity index is 1.70. The fourth-order valence-corrected chi connectivity index (χ4v) is 3.69. The van der Waals surface area contributed by atoms with Gasteiger partial charge in [0.05, 0.1) is 5.75 Å². The Morgan fingerprint density at radius 1 is 1.25 bits per heavy atom. The molecular weight excluding hydrogens is 394 g/mol. The lowest BCUT2D eigenvalue weighted by Gasteiger charge is -2.16. The zero-order valence-corrected chi connectivity index (χ0v) is 17.5. The van der Waals surface area contributed by atoms with Crippen LogP contribution in [0, 0.1) is 6.92 Å². The van der Waals surface area contributed by atoms with Gasteiger partial charge in [0.15, 0.2) is 5.82 Å². The Morgan fingerprint density at radius 3 is 2.71 bits per heavy atom. The molecule has 1 aromatic heterocycles. The molecule has 3 aromatic rings. The van der Waals surface area contributed by atoms with Gasteiger partial charge in [-0.2, -0.15) is 0 Å². The van der Waals surface area contributed by atoms with Crippen molar-refractivity contribution < 1.29 is 4.79 Å². The van der Waals surface area contributed by atoms with Gasteiger partial charge in [-0.1, -0.05) is 67.5 Å². The van der Waals surface area contributed by atoms with Crippen molar-refractivity contribution >= 4 is 35.0 Å². The minimum Gasteiger partial charge on any atom is -0.335 e. The molecule has 0 fully saturated rings. The summed E-state index contributed by atoms with van der Waals surface area (Å²) in [6.07, 6.45) is 0. The van der Waals surface area contributed by atoms with Crippen molar-refractivity contribution in [2.45, 2.75) is 31.8 Å². The average molecular weight is 416 g/mol. The zero-order valence-electron chi connectivity index (χ0n) is 15.9. The molecular formula is C20H22ClN5OS. The summed E-state index contributed by atoms with van der Waals surface area (Å²) in [4.78, 5) is 12.5. The van der Waals surface area contributed by atoms with E-state index in [1.165, 1.54) is 16.4 Å². The maximum absolute atomic E-state index is 12.5. The van der Waals surface area contributed by atoms with Crippen LogP contribution < -0.4 is 11.2 Å². The number of hydrogen-bond donors (Lipinski definition) is 2. The number of benzene rings is 2. The molecule has 146 valence electrons. The summed E-state index contributed by atoms with van der Waals surface area (Å²) in [6.45, 7) is 6.20. The minimum absolute atomic E-state index is 0.117. The van der Waals surface area contributed by atoms with Gasteiger partial charge in [-0.3, -0.25) is 4.79 Å². The molecule has 1 amide bonds. The number of carbonyl (C=O) groups excluding carboxylic acids is 1. The molecule has 8 heteroatoms. The molecule has 3 rings (SSSR count). The standard InChI is InChI=1S/C20H22ClN5OS/c1-12(2)16-9-4-6-13(3)18(16)23-17(27)11-28-20-25-24-19(26(20)22)14-7-5-8-15(21)10-14/h4-10,12H,11,22H2,1-3H3,(H,23,27). The van der Waals surface area contributed by atoms with Crippen molar-refractivity contribution in [2.24, 2.45) is 0 Å². The SMILES string of the molecule is Cc1cccc(C(C)C)c1NC(=O)CSc1nnc(-c2cccc(Cl)c2)n1N. The number of thioether (sulfide) groups is 1. The van der Waals surface area contributed by atoms with Crippen LogP contribution in [0.25, 0.3) is 11.4 Å². The molecule has 0 aliphatic carbocycles. The number of nitrogens with one attached hydrogen (secondary N) is 1. The number of hydrogen-bond acceptors (Lipinski definition) is 5. The number of aryl methyl sites for hydroxylation is 1. The molecule has 0 radical (unpaired) electrons. The first-order chi connectivity index (χ1) is 13.4. The van der Waals surface area contributed by atoms with E-state index in [9.17, 15) is 4.79 Å². The molecule has 0 aliphatic rings. The molecule has 0 saturated carbocycles. The smallest absolute Gasteiger partial charge is 0.234 e. The number of rotatable bonds is 6. The molecule has 0 aliphatic heterocycles. The van der Waals surface area contributed by atoms with Crippen molar-refractivity contribution in [3.63, 3.8) is 0 Å². The predicted molar refractivity (Wildman–Crippen MR) is 115 cm³/mol. The van der Waals surface area contributed by atoms with Gasteiger partial charge in [0.2, 0.25) is 11.1 Å². The summed E-state index contributed by atoms with van der Waals surface area (Å²) in [6, 6.07) is 13.2. The van der Waals surface area contributed by atoms with Gasteiger partial charge in [-0.25, -0.2) is 4.68 Å². The van der Waals surface area contributed by atoms with Crippen LogP contribution in [0.1, 0.15) is 30.9 Å². The Morgan fingerprint density at radius 2 is 2.00 bits per heavy atom. The largest absolute Gasteiger partial charge is 0.335 e. The third-order valence-electron chi connectivity index (χ3n) is 4.27. The first-order valence-corrected chi connectivity index (χ1v) is 10.2. The summed E-state index contributed by atoms with van der Waals surface area (Å²) < 4.78 is 1.37. The molecule has 2 aromatic carbocycles. The quantitative estimate of drug-likeness (QED) is 0.458. The van der Waals surface area contributed by atoms with Crippen LogP contribution in [-0.4, -0.2) is 26.5 Å². The third kappa shape index (κ3) is 4.48. The van der Waals surface area contributed by atoms with E-state index in [4.69, 9.17) is 17.4 Å². The highest BCUT2D eigenvalue weighted by Gasteiger charge is 2.16. The lowest BCUT2D eigenvalue weighted by molar-refractivity contribution is -0.113. The van der Waals surface area contributed by atoms with Crippen LogP contribution in [0.3, 0.4) is 0 Å². The Kier molecular flexibility index (Phi) is 6.26. The van der Waals surface area contributed by atoms with Gasteiger partial charge < -0.3 is 11.2 Å². The van der Waals surface area contributed by atoms with Crippen LogP contribution >= 0.6 is 23.4 Å². The highest BCUT2D eigenvalue weighted by Crippen LogP contribution is 2.28. The molecule has 0 atom stereocenters. The second-order valence-corrected chi connectivity index (χ2v) is 8.10. The number of para-hydroxylation sites is 1. The van der Waals surface area contributed by atoms with E-state index in [2.05, 4.69) is 29.4 Å². The van der Waals surface area contributed by atoms with E-state index < -0.39 is 0 Å². The van der Waals surface area contributed by atoms with Crippen molar-refractivity contribution in [1.82, 2.24) is 14.9 Å². The van der Waals surface area contributed by atoms with E-state index in [0.29, 0.717) is 21.9 Å². The normalized spacial score (nSPS) is 11.0. The first-order valence-electron chi connectivity index (χ1n) is 8.85. The van der Waals surface area contributed by atoms with E-state index in [0.717, 1.165) is 22.4 Å². The summed E-state index contributed by atoms with van der Waals surface area (Å²) in [5.74, 6) is 6.98. The number of nitrogens with two attached hydrogens (primary N) is 1. The van der Waals surface area contributed by atoms with Gasteiger partial charge in [0.25, 0.3) is 0 Å². The number of carbonyl (C=O) groups is 1. The van der Waals surface area contributed by atoms with Crippen molar-refractivity contribution in [3.05, 3.63) is 58.6 Å². The topological polar surface area (TPSA) is 85.8 Å². The molecule has 0 saturated heterocycles. The fourth-order valence-electron chi connectivity index (χ4n) is 2.85. The lowest BCUT2D eigenvalue weighted by Crippen LogP contribution is -2.18. The third-order valence-corrected chi connectivity index (χ3v) is 5.45. The summed E-state index contributed by atoms with van der Waals surface area (Å²) in [5.41, 5.74) is 3.79. The van der Waals surface area contributed by atoms with Gasteiger partial charge in [0, 0.05) is 16.3 Å². The van der Waals surface area contributed by atoms with Crippen LogP contribution in [0.2, 0.25) is 5.02 Å². The Labute approximate surface area is 173 Å². The molecule has 0 unspecified atom stereocenters. The molecule has 28 heavy (non-hydrogen) atoms. The fraction of sp³-hybridized carbons (Fsp3) is 0.250. The predicted octanol–water partition coefficient (Wildman–Crippen LogP) is 4.47. The van der Waals surface area contributed by atoms with E-state index >= 15 is 0 Å². The van der Waals surface area contributed by atoms with E-state index in [1.807, 2.05) is 37.3 Å². The maximum Gasteiger partial charge on any atom is 0.234 e. The van der Waals surface area contributed by atoms with Crippen LogP contribution in [-0.2, 0) is 4.79 Å². The highest BCUT2D eigenvalue weighted by atomic mass is 35.5. The Hall–Kier alpha value is -2.51. The second kappa shape index (κ2) is 8.67. The monoisotopic (exact) mass is 415 g/mol. The van der Waals surface area contributed by atoms with E-state index in [1.54, 1.807) is 12.1 Å².